The van der Waals surface area contributed by atoms with E-state index in [4.69, 9.17) is 4.74 Å². The van der Waals surface area contributed by atoms with Crippen LogP contribution in [-0.4, -0.2) is 50.4 Å². The van der Waals surface area contributed by atoms with Crippen LogP contribution < -0.4 is 4.74 Å². The van der Waals surface area contributed by atoms with Crippen LogP contribution >= 0.6 is 0 Å². The van der Waals surface area contributed by atoms with Gasteiger partial charge in [-0.15, -0.1) is 0 Å². The highest BCUT2D eigenvalue weighted by Crippen LogP contribution is 2.33. The third-order valence-corrected chi connectivity index (χ3v) is 5.92. The lowest BCUT2D eigenvalue weighted by Gasteiger charge is -2.13. The number of nitrogens with zero attached hydrogens (tertiary/aromatic N) is 4. The number of pyridine rings is 2. The van der Waals surface area contributed by atoms with Crippen LogP contribution in [0.2, 0.25) is 0 Å². The molecule has 13 heteroatoms. The van der Waals surface area contributed by atoms with Gasteiger partial charge >= 0.3 is 6.18 Å². The van der Waals surface area contributed by atoms with Gasteiger partial charge in [-0.1, -0.05) is 0 Å². The molecule has 0 saturated carbocycles. The maximum absolute atomic E-state index is 13.0. The number of rotatable bonds is 6. The van der Waals surface area contributed by atoms with E-state index in [0.717, 1.165) is 18.5 Å². The van der Waals surface area contributed by atoms with Crippen LogP contribution in [0.15, 0.2) is 29.4 Å². The second kappa shape index (κ2) is 8.04. The van der Waals surface area contributed by atoms with Crippen LogP contribution in [0.25, 0.3) is 22.6 Å². The Bertz CT molecular complexity index is 1200. The summed E-state index contributed by atoms with van der Waals surface area (Å²) < 4.78 is 80.7. The minimum Gasteiger partial charge on any atom is -0.611 e. The maximum atomic E-state index is 13.0. The van der Waals surface area contributed by atoms with Crippen molar-refractivity contribution < 1.29 is 30.9 Å². The first-order valence-electron chi connectivity index (χ1n) is 8.49. The Labute approximate surface area is 173 Å². The molecule has 0 spiro atoms. The molecule has 0 aliphatic rings. The van der Waals surface area contributed by atoms with Gasteiger partial charge in [-0.2, -0.15) is 13.2 Å². The molecule has 162 valence electrons. The number of sulfone groups is 1. The Balaban J connectivity index is 2.11. The summed E-state index contributed by atoms with van der Waals surface area (Å²) in [6, 6.07) is 2.23. The summed E-state index contributed by atoms with van der Waals surface area (Å²) in [6.07, 6.45) is -1.30. The van der Waals surface area contributed by atoms with Crippen molar-refractivity contribution in [3.05, 3.63) is 30.2 Å². The van der Waals surface area contributed by atoms with E-state index in [0.29, 0.717) is 5.52 Å². The number of ether oxygens (including phenoxy) is 1. The second-order valence-corrected chi connectivity index (χ2v) is 10.2. The van der Waals surface area contributed by atoms with Crippen molar-refractivity contribution in [1.29, 1.82) is 0 Å². The summed E-state index contributed by atoms with van der Waals surface area (Å²) in [5.41, 5.74) is -0.490. The minimum absolute atomic E-state index is 0.0576. The van der Waals surface area contributed by atoms with E-state index in [1.165, 1.54) is 16.8 Å². The molecule has 0 saturated heterocycles. The number of aryl methyl sites for hydroxylation is 1. The number of halogens is 3. The third-order valence-electron chi connectivity index (χ3n) is 4.04. The van der Waals surface area contributed by atoms with Crippen molar-refractivity contribution >= 4 is 32.0 Å². The lowest BCUT2D eigenvalue weighted by molar-refractivity contribution is -0.141. The molecule has 0 aliphatic carbocycles. The van der Waals surface area contributed by atoms with Crippen molar-refractivity contribution in [3.63, 3.8) is 0 Å². The molecular formula is C17H17F3N4O4S2. The predicted molar refractivity (Wildman–Crippen MR) is 104 cm³/mol. The number of hydrogen-bond donors (Lipinski definition) is 0. The molecule has 30 heavy (non-hydrogen) atoms. The monoisotopic (exact) mass is 462 g/mol. The zero-order valence-corrected chi connectivity index (χ0v) is 17.7. The first-order valence-corrected chi connectivity index (χ1v) is 11.9. The van der Waals surface area contributed by atoms with E-state index in [-0.39, 0.29) is 33.4 Å². The van der Waals surface area contributed by atoms with Gasteiger partial charge in [0.2, 0.25) is 0 Å². The Kier molecular flexibility index (Phi) is 5.98. The van der Waals surface area contributed by atoms with E-state index in [1.807, 2.05) is 0 Å². The molecular weight excluding hydrogens is 445 g/mol. The fourth-order valence-corrected chi connectivity index (χ4v) is 3.90. The first kappa shape index (κ1) is 22.3. The summed E-state index contributed by atoms with van der Waals surface area (Å²) in [7, 11) is -1.83. The van der Waals surface area contributed by atoms with Crippen molar-refractivity contribution in [3.8, 4) is 17.3 Å². The molecule has 0 bridgehead atoms. The molecule has 3 aromatic rings. The molecule has 0 aliphatic heterocycles. The minimum atomic E-state index is -4.61. The number of imidazole rings is 1. The zero-order valence-electron chi connectivity index (χ0n) is 16.1. The fraction of sp³-hybridized carbons (Fsp3) is 0.353. The molecule has 3 heterocycles. The van der Waals surface area contributed by atoms with Gasteiger partial charge in [-0.3, -0.25) is 0 Å². The lowest BCUT2D eigenvalue weighted by Crippen LogP contribution is -2.12. The largest absolute Gasteiger partial charge is 0.611 e. The van der Waals surface area contributed by atoms with Gasteiger partial charge < -0.3 is 13.9 Å². The SMILES string of the molecule is CC[S+]([O-])c1cc(OCS(C)(=O)=O)cnc1-c1nc2cc(C(F)(F)F)ncc2n1C. The van der Waals surface area contributed by atoms with Crippen molar-refractivity contribution in [2.24, 2.45) is 7.05 Å². The number of hydrogen-bond acceptors (Lipinski definition) is 7. The van der Waals surface area contributed by atoms with Gasteiger partial charge in [0.1, 0.15) is 17.2 Å². The molecule has 0 radical (unpaired) electrons. The van der Waals surface area contributed by atoms with Crippen molar-refractivity contribution in [2.75, 3.05) is 17.9 Å². The summed E-state index contributed by atoms with van der Waals surface area (Å²) in [4.78, 5) is 12.1. The molecule has 3 aromatic heterocycles. The molecule has 3 rings (SSSR count). The molecule has 1 unspecified atom stereocenters. The third kappa shape index (κ3) is 4.68. The highest BCUT2D eigenvalue weighted by Gasteiger charge is 2.33. The maximum Gasteiger partial charge on any atom is 0.433 e. The standard InChI is InChI=1S/C17H17F3N4O4S2/c1-4-29(25)13-5-10(28-9-30(3,26)27)7-22-15(13)16-23-11-6-14(17(18,19)20)21-8-12(11)24(16)2/h5-8H,4,9H2,1-3H3. The van der Waals surface area contributed by atoms with Crippen LogP contribution in [0.4, 0.5) is 13.2 Å². The van der Waals surface area contributed by atoms with E-state index in [1.54, 1.807) is 14.0 Å². The summed E-state index contributed by atoms with van der Waals surface area (Å²) >= 11 is -1.53. The lowest BCUT2D eigenvalue weighted by atomic mass is 10.3. The molecule has 8 nitrogen and oxygen atoms in total. The van der Waals surface area contributed by atoms with Gasteiger partial charge in [0, 0.05) is 19.4 Å². The van der Waals surface area contributed by atoms with Crippen LogP contribution in [0.1, 0.15) is 12.6 Å². The molecule has 0 aromatic carbocycles. The smallest absolute Gasteiger partial charge is 0.433 e. The first-order chi connectivity index (χ1) is 13.9. The Morgan fingerprint density at radius 3 is 2.53 bits per heavy atom. The topological polar surface area (TPSA) is 110 Å². The summed E-state index contributed by atoms with van der Waals surface area (Å²) in [6.45, 7) is 1.68. The van der Waals surface area contributed by atoms with Gasteiger partial charge in [0.15, 0.2) is 32.2 Å². The number of fused-ring (bicyclic) bond motifs is 1. The molecule has 1 atom stereocenters. The van der Waals surface area contributed by atoms with Crippen molar-refractivity contribution in [1.82, 2.24) is 19.5 Å². The van der Waals surface area contributed by atoms with Crippen LogP contribution in [0.5, 0.6) is 5.75 Å². The summed E-state index contributed by atoms with van der Waals surface area (Å²) in [5, 5.41) is 0. The average molecular weight is 462 g/mol. The Morgan fingerprint density at radius 2 is 1.93 bits per heavy atom. The normalized spacial score (nSPS) is 13.6. The van der Waals surface area contributed by atoms with E-state index >= 15 is 0 Å². The fourth-order valence-electron chi connectivity index (χ4n) is 2.63. The second-order valence-electron chi connectivity index (χ2n) is 6.39. The van der Waals surface area contributed by atoms with Crippen LogP contribution in [0.3, 0.4) is 0 Å². The molecule has 0 fully saturated rings. The Morgan fingerprint density at radius 1 is 1.23 bits per heavy atom. The van der Waals surface area contributed by atoms with E-state index in [9.17, 15) is 26.1 Å². The van der Waals surface area contributed by atoms with Crippen LogP contribution in [-0.2, 0) is 34.2 Å². The number of alkyl halides is 3. The highest BCUT2D eigenvalue weighted by atomic mass is 32.2. The summed E-state index contributed by atoms with van der Waals surface area (Å²) in [5.74, 6) is -0.0587. The van der Waals surface area contributed by atoms with E-state index < -0.39 is 38.8 Å². The quantitative estimate of drug-likeness (QED) is 0.518. The molecule has 0 N–H and O–H groups in total. The van der Waals surface area contributed by atoms with Gasteiger partial charge in [0.25, 0.3) is 0 Å². The molecule has 0 amide bonds. The van der Waals surface area contributed by atoms with Gasteiger partial charge in [-0.05, 0) is 24.2 Å². The Hall–Kier alpha value is -2.38. The predicted octanol–water partition coefficient (Wildman–Crippen LogP) is 2.56. The van der Waals surface area contributed by atoms with Gasteiger partial charge in [-0.25, -0.2) is 23.4 Å². The zero-order chi connectivity index (χ0) is 22.3. The number of aromatic nitrogens is 4. The average Bonchev–Trinajstić information content (AvgIpc) is 3.00. The van der Waals surface area contributed by atoms with Gasteiger partial charge in [0.05, 0.1) is 23.4 Å². The van der Waals surface area contributed by atoms with Crippen molar-refractivity contribution in [2.45, 2.75) is 18.0 Å². The van der Waals surface area contributed by atoms with Crippen LogP contribution in [0, 0.1) is 0 Å². The van der Waals surface area contributed by atoms with E-state index in [2.05, 4.69) is 15.0 Å². The highest BCUT2D eigenvalue weighted by molar-refractivity contribution is 7.91.